The number of aromatic nitrogens is 3. The van der Waals surface area contributed by atoms with Gasteiger partial charge in [0, 0.05) is 61.6 Å². The second-order valence-electron chi connectivity index (χ2n) is 18.8. The molecule has 4 fully saturated rings. The van der Waals surface area contributed by atoms with Gasteiger partial charge in [0.15, 0.2) is 0 Å². The maximum atomic E-state index is 14.0. The number of morpholine rings is 1. The first kappa shape index (κ1) is 42.7. The molecule has 1 atom stereocenters. The van der Waals surface area contributed by atoms with Gasteiger partial charge in [-0.05, 0) is 110 Å². The van der Waals surface area contributed by atoms with E-state index in [9.17, 15) is 23.3 Å². The molecule has 0 radical (unpaired) electrons. The number of rotatable bonds is 12. The summed E-state index contributed by atoms with van der Waals surface area (Å²) in [6.07, 6.45) is 12.8. The normalized spacial score (nSPS) is 20.6. The highest BCUT2D eigenvalue weighted by Crippen LogP contribution is 2.53. The number of nitrogens with zero attached hydrogens (tertiary/aromatic N) is 5. The van der Waals surface area contributed by atoms with E-state index in [2.05, 4.69) is 79.8 Å². The van der Waals surface area contributed by atoms with Crippen LogP contribution in [-0.2, 0) is 14.8 Å². The molecule has 1 spiro atoms. The monoisotopic (exact) mass is 876 g/mol. The summed E-state index contributed by atoms with van der Waals surface area (Å²) in [5, 5.41) is 16.0. The number of nitrogens with one attached hydrogen (secondary N) is 3. The lowest BCUT2D eigenvalue weighted by Gasteiger charge is -2.57. The summed E-state index contributed by atoms with van der Waals surface area (Å²) in [5.41, 5.74) is 4.19. The summed E-state index contributed by atoms with van der Waals surface area (Å²) in [4.78, 5) is 41.5. The molecular formula is C47H56N8O7S. The SMILES string of the molecule is Cc1ccccc1[C@@H]1COCCN1C1CC2(CCN(c3ccc(C(=O)NS(=O)(=O)c4cnc(NCC5CCC(C)(C)CC5)c([N+](=O)[O-])c4)c(Oc4cnc5[nH]ccc5c4)c3)CC2)C1. The first-order valence-corrected chi connectivity index (χ1v) is 23.6. The maximum absolute atomic E-state index is 14.0. The van der Waals surface area contributed by atoms with E-state index in [0.29, 0.717) is 36.5 Å². The lowest BCUT2D eigenvalue weighted by atomic mass is 9.59. The number of aromatic amines is 1. The van der Waals surface area contributed by atoms with Crippen LogP contribution in [0.1, 0.15) is 92.7 Å². The van der Waals surface area contributed by atoms with E-state index in [-0.39, 0.29) is 34.0 Å². The van der Waals surface area contributed by atoms with Crippen molar-refractivity contribution in [2.45, 2.75) is 89.1 Å². The van der Waals surface area contributed by atoms with E-state index >= 15 is 0 Å². The fourth-order valence-electron chi connectivity index (χ4n) is 10.2. The third-order valence-electron chi connectivity index (χ3n) is 14.1. The molecule has 63 heavy (non-hydrogen) atoms. The van der Waals surface area contributed by atoms with E-state index in [4.69, 9.17) is 9.47 Å². The van der Waals surface area contributed by atoms with Crippen LogP contribution < -0.4 is 19.7 Å². The van der Waals surface area contributed by atoms with Crippen molar-refractivity contribution in [1.82, 2.24) is 24.6 Å². The Balaban J connectivity index is 0.899. The fourth-order valence-corrected chi connectivity index (χ4v) is 11.1. The number of anilines is 2. The summed E-state index contributed by atoms with van der Waals surface area (Å²) in [6.45, 7) is 11.2. The van der Waals surface area contributed by atoms with Crippen LogP contribution in [0.15, 0.2) is 84.1 Å². The lowest BCUT2D eigenvalue weighted by Crippen LogP contribution is -2.57. The summed E-state index contributed by atoms with van der Waals surface area (Å²) < 4.78 is 41.8. The molecule has 15 nitrogen and oxygen atoms in total. The minimum Gasteiger partial charge on any atom is -0.455 e. The number of piperidine rings is 1. The minimum atomic E-state index is -4.60. The quantitative estimate of drug-likeness (QED) is 0.0803. The van der Waals surface area contributed by atoms with E-state index in [1.165, 1.54) is 17.3 Å². The van der Waals surface area contributed by atoms with Crippen LogP contribution in [0.3, 0.4) is 0 Å². The molecule has 3 N–H and O–H groups in total. The molecule has 9 rings (SSSR count). The van der Waals surface area contributed by atoms with Gasteiger partial charge < -0.3 is 24.7 Å². The number of nitro groups is 1. The van der Waals surface area contributed by atoms with Crippen LogP contribution in [0, 0.1) is 33.8 Å². The summed E-state index contributed by atoms with van der Waals surface area (Å²) in [6, 6.07) is 19.1. The average Bonchev–Trinajstić information content (AvgIpc) is 3.73. The van der Waals surface area contributed by atoms with E-state index < -0.39 is 31.4 Å². The van der Waals surface area contributed by atoms with Gasteiger partial charge in [0.1, 0.15) is 22.0 Å². The summed E-state index contributed by atoms with van der Waals surface area (Å²) >= 11 is 0. The van der Waals surface area contributed by atoms with Crippen molar-refractivity contribution in [1.29, 1.82) is 0 Å². The first-order chi connectivity index (χ1) is 30.2. The third-order valence-corrected chi connectivity index (χ3v) is 15.4. The molecule has 3 aromatic heterocycles. The van der Waals surface area contributed by atoms with Crippen LogP contribution in [0.2, 0.25) is 0 Å². The Hall–Kier alpha value is -5.58. The van der Waals surface area contributed by atoms with Gasteiger partial charge in [0.25, 0.3) is 15.9 Å². The number of hydrogen-bond donors (Lipinski definition) is 3. The van der Waals surface area contributed by atoms with Gasteiger partial charge >= 0.3 is 5.69 Å². The van der Waals surface area contributed by atoms with Crippen LogP contribution in [0.4, 0.5) is 17.2 Å². The van der Waals surface area contributed by atoms with Gasteiger partial charge in [-0.3, -0.25) is 19.8 Å². The highest BCUT2D eigenvalue weighted by Gasteiger charge is 2.49. The molecule has 2 saturated heterocycles. The Morgan fingerprint density at radius 2 is 1.78 bits per heavy atom. The third kappa shape index (κ3) is 9.11. The topological polar surface area (TPSA) is 185 Å². The lowest BCUT2D eigenvalue weighted by molar-refractivity contribution is -0.384. The predicted molar refractivity (Wildman–Crippen MR) is 241 cm³/mol. The Morgan fingerprint density at radius 1 is 1.00 bits per heavy atom. The molecule has 16 heteroatoms. The highest BCUT2D eigenvalue weighted by atomic mass is 32.2. The number of benzene rings is 2. The molecule has 332 valence electrons. The smallest absolute Gasteiger partial charge is 0.312 e. The molecule has 2 aliphatic carbocycles. The minimum absolute atomic E-state index is 0.0148. The second kappa shape index (κ2) is 17.2. The van der Waals surface area contributed by atoms with Crippen LogP contribution in [-0.4, -0.2) is 84.5 Å². The van der Waals surface area contributed by atoms with E-state index in [1.807, 2.05) is 12.1 Å². The second-order valence-corrected chi connectivity index (χ2v) is 20.5. The van der Waals surface area contributed by atoms with Gasteiger partial charge in [0.2, 0.25) is 5.82 Å². The molecular weight excluding hydrogens is 821 g/mol. The number of carbonyl (C=O) groups excluding carboxylic acids is 1. The van der Waals surface area contributed by atoms with Crippen molar-refractivity contribution in [2.24, 2.45) is 16.7 Å². The number of hydrogen-bond acceptors (Lipinski definition) is 12. The number of aryl methyl sites for hydroxylation is 1. The molecule has 1 amide bonds. The average molecular weight is 877 g/mol. The molecule has 2 aliphatic heterocycles. The number of carbonyl (C=O) groups is 1. The number of ether oxygens (including phenoxy) is 2. The van der Waals surface area contributed by atoms with Gasteiger partial charge in [-0.15, -0.1) is 0 Å². The van der Waals surface area contributed by atoms with E-state index in [1.54, 1.807) is 24.4 Å². The highest BCUT2D eigenvalue weighted by molar-refractivity contribution is 7.90. The van der Waals surface area contributed by atoms with Crippen molar-refractivity contribution < 1.29 is 27.6 Å². The zero-order valence-electron chi connectivity index (χ0n) is 36.1. The summed E-state index contributed by atoms with van der Waals surface area (Å²) in [5.74, 6) is -0.139. The van der Waals surface area contributed by atoms with Crippen molar-refractivity contribution >= 4 is 44.2 Å². The zero-order valence-corrected chi connectivity index (χ0v) is 37.0. The van der Waals surface area contributed by atoms with Crippen LogP contribution in [0.25, 0.3) is 11.0 Å². The van der Waals surface area contributed by atoms with Crippen molar-refractivity contribution in [3.05, 3.63) is 106 Å². The Morgan fingerprint density at radius 3 is 2.54 bits per heavy atom. The summed E-state index contributed by atoms with van der Waals surface area (Å²) in [7, 11) is -4.60. The van der Waals surface area contributed by atoms with Crippen molar-refractivity contribution in [2.75, 3.05) is 49.6 Å². The molecule has 4 aliphatic rings. The van der Waals surface area contributed by atoms with Gasteiger partial charge in [-0.2, -0.15) is 0 Å². The number of amides is 1. The first-order valence-electron chi connectivity index (χ1n) is 22.1. The predicted octanol–water partition coefficient (Wildman–Crippen LogP) is 8.54. The number of pyridine rings is 2. The Bertz CT molecular complexity index is 2610. The Kier molecular flexibility index (Phi) is 11.6. The zero-order chi connectivity index (χ0) is 43.9. The van der Waals surface area contributed by atoms with Gasteiger partial charge in [0.05, 0.1) is 42.1 Å². The molecule has 5 aromatic rings. The number of fused-ring (bicyclic) bond motifs is 1. The van der Waals surface area contributed by atoms with Crippen LogP contribution in [0.5, 0.6) is 11.5 Å². The molecule has 5 heterocycles. The molecule has 0 unspecified atom stereocenters. The molecule has 0 bridgehead atoms. The number of sulfonamides is 1. The van der Waals surface area contributed by atoms with Crippen LogP contribution >= 0.6 is 0 Å². The standard InChI is InChI=1S/C47H56N8O7S/c1-31-6-4-5-7-38(31)41-30-61-21-20-54(41)35-25-47(26-35)15-18-53(19-16-47)34-8-9-39(42(23-34)62-36-22-33-12-17-48-43(33)50-28-36)45(56)52-63(59,60)37-24-40(55(57)58)44(51-29-37)49-27-32-10-13-46(2,3)14-11-32/h4-9,12,17,22-24,28-29,32,35,41H,10-11,13-16,18-21,25-27,30H2,1-3H3,(H,48,50)(H,49,51)(H,52,56)/t41-/m0/s1. The molecule has 2 aromatic carbocycles. The fraction of sp³-hybridized carbons (Fsp3) is 0.468. The van der Waals surface area contributed by atoms with Gasteiger partial charge in [-0.25, -0.2) is 23.1 Å². The Labute approximate surface area is 368 Å². The molecule has 2 saturated carbocycles. The maximum Gasteiger partial charge on any atom is 0.312 e. The van der Waals surface area contributed by atoms with Crippen molar-refractivity contribution in [3.8, 4) is 11.5 Å². The van der Waals surface area contributed by atoms with Gasteiger partial charge in [-0.1, -0.05) is 38.1 Å². The van der Waals surface area contributed by atoms with E-state index in [0.717, 1.165) is 101 Å². The largest absolute Gasteiger partial charge is 0.455 e. The van der Waals surface area contributed by atoms with Crippen molar-refractivity contribution in [3.63, 3.8) is 0 Å². The number of H-pyrrole nitrogens is 1.